The topological polar surface area (TPSA) is 107 Å². The maximum absolute atomic E-state index is 12.8. The van der Waals surface area contributed by atoms with Crippen molar-refractivity contribution in [3.05, 3.63) is 96.1 Å². The number of ether oxygens (including phenoxy) is 1. The average Bonchev–Trinajstić information content (AvgIpc) is 3.53. The molecule has 2 aromatic heterocycles. The first-order valence-corrected chi connectivity index (χ1v) is 10.8. The van der Waals surface area contributed by atoms with E-state index in [0.717, 1.165) is 16.5 Å². The van der Waals surface area contributed by atoms with Gasteiger partial charge in [-0.1, -0.05) is 12.1 Å². The number of carbonyl (C=O) groups is 2. The number of nitrogens with one attached hydrogen (secondary N) is 2. The maximum atomic E-state index is 12.8. The smallest absolute Gasteiger partial charge is 0.291 e. The van der Waals surface area contributed by atoms with Gasteiger partial charge < -0.3 is 24.2 Å². The van der Waals surface area contributed by atoms with Gasteiger partial charge in [0, 0.05) is 33.5 Å². The van der Waals surface area contributed by atoms with Crippen LogP contribution in [0.25, 0.3) is 22.4 Å². The Labute approximate surface area is 200 Å². The van der Waals surface area contributed by atoms with Crippen LogP contribution in [0.2, 0.25) is 0 Å². The van der Waals surface area contributed by atoms with Crippen LogP contribution in [0, 0.1) is 6.92 Å². The normalized spacial score (nSPS) is 10.8. The van der Waals surface area contributed by atoms with Crippen molar-refractivity contribution in [2.75, 3.05) is 17.7 Å². The molecule has 0 radical (unpaired) electrons. The minimum atomic E-state index is -0.385. The number of fused-ring (bicyclic) bond motifs is 1. The van der Waals surface area contributed by atoms with Crippen LogP contribution in [-0.4, -0.2) is 23.9 Å². The fraction of sp³-hybridized carbons (Fsp3) is 0.0741. The highest BCUT2D eigenvalue weighted by Gasteiger charge is 2.20. The molecular weight excluding hydrogens is 446 g/mol. The molecule has 5 rings (SSSR count). The lowest BCUT2D eigenvalue weighted by atomic mass is 10.1. The minimum absolute atomic E-state index is 0.208. The van der Waals surface area contributed by atoms with Gasteiger partial charge in [0.15, 0.2) is 17.1 Å². The molecule has 2 N–H and O–H groups in total. The number of carbonyl (C=O) groups excluding carboxylic acids is 2. The second kappa shape index (κ2) is 9.18. The van der Waals surface area contributed by atoms with E-state index in [1.807, 2.05) is 31.2 Å². The van der Waals surface area contributed by atoms with E-state index in [9.17, 15) is 9.59 Å². The molecule has 35 heavy (non-hydrogen) atoms. The highest BCUT2D eigenvalue weighted by Crippen LogP contribution is 2.32. The molecule has 0 aliphatic rings. The average molecular weight is 467 g/mol. The lowest BCUT2D eigenvalue weighted by Crippen LogP contribution is -2.14. The van der Waals surface area contributed by atoms with Crippen LogP contribution in [0.5, 0.6) is 5.75 Å². The first-order chi connectivity index (χ1) is 17.0. The highest BCUT2D eigenvalue weighted by atomic mass is 16.5. The van der Waals surface area contributed by atoms with Gasteiger partial charge in [-0.3, -0.25) is 9.59 Å². The molecule has 0 saturated carbocycles. The van der Waals surface area contributed by atoms with E-state index in [1.165, 1.54) is 6.26 Å². The summed E-state index contributed by atoms with van der Waals surface area (Å²) < 4.78 is 16.4. The quantitative estimate of drug-likeness (QED) is 0.322. The number of rotatable bonds is 6. The van der Waals surface area contributed by atoms with Crippen molar-refractivity contribution in [2.24, 2.45) is 0 Å². The van der Waals surface area contributed by atoms with Crippen LogP contribution >= 0.6 is 0 Å². The molecule has 0 saturated heterocycles. The number of para-hydroxylation sites is 1. The summed E-state index contributed by atoms with van der Waals surface area (Å²) in [7, 11) is 1.55. The fourth-order valence-corrected chi connectivity index (χ4v) is 3.75. The first-order valence-electron chi connectivity index (χ1n) is 10.8. The van der Waals surface area contributed by atoms with Crippen LogP contribution in [0.3, 0.4) is 0 Å². The Morgan fingerprint density at radius 3 is 2.23 bits per heavy atom. The number of hydrogen-bond donors (Lipinski definition) is 2. The van der Waals surface area contributed by atoms with Crippen LogP contribution in [0.1, 0.15) is 26.5 Å². The Morgan fingerprint density at radius 1 is 0.886 bits per heavy atom. The summed E-state index contributed by atoms with van der Waals surface area (Å²) >= 11 is 0. The predicted octanol–water partition coefficient (Wildman–Crippen LogP) is 5.91. The van der Waals surface area contributed by atoms with Gasteiger partial charge in [-0.15, -0.1) is 0 Å². The number of hydrogen-bond acceptors (Lipinski definition) is 6. The zero-order chi connectivity index (χ0) is 24.4. The van der Waals surface area contributed by atoms with Crippen molar-refractivity contribution in [3.63, 3.8) is 0 Å². The van der Waals surface area contributed by atoms with Gasteiger partial charge in [-0.25, -0.2) is 4.98 Å². The van der Waals surface area contributed by atoms with Gasteiger partial charge in [0.25, 0.3) is 11.8 Å². The van der Waals surface area contributed by atoms with Crippen molar-refractivity contribution in [2.45, 2.75) is 6.92 Å². The summed E-state index contributed by atoms with van der Waals surface area (Å²) in [6, 6.07) is 19.3. The fourth-order valence-electron chi connectivity index (χ4n) is 3.75. The van der Waals surface area contributed by atoms with Crippen molar-refractivity contribution in [1.29, 1.82) is 0 Å². The summed E-state index contributed by atoms with van der Waals surface area (Å²) in [5.41, 5.74) is 3.68. The van der Waals surface area contributed by atoms with Crippen LogP contribution in [0.15, 0.2) is 88.0 Å². The van der Waals surface area contributed by atoms with Gasteiger partial charge in [-0.05, 0) is 61.5 Å². The second-order valence-corrected chi connectivity index (χ2v) is 7.79. The molecule has 3 aromatic carbocycles. The van der Waals surface area contributed by atoms with Gasteiger partial charge >= 0.3 is 0 Å². The van der Waals surface area contributed by atoms with Crippen molar-refractivity contribution in [1.82, 2.24) is 4.98 Å². The molecule has 8 heteroatoms. The monoisotopic (exact) mass is 467 g/mol. The Bertz CT molecular complexity index is 1500. The zero-order valence-electron chi connectivity index (χ0n) is 19.0. The number of benzene rings is 3. The molecule has 174 valence electrons. The molecule has 0 aliphatic carbocycles. The standard InChI is InChI=1S/C27H21N3O5/c1-16-21-4-3-5-22(33-2)24(21)35-23(16)26(32)30-20-10-6-17(7-11-20)25(31)29-19-12-8-18(9-13-19)27-28-14-15-34-27/h3-15H,1-2H3,(H,29,31)(H,30,32). The molecular formula is C27H21N3O5. The summed E-state index contributed by atoms with van der Waals surface area (Å²) in [6.07, 6.45) is 3.08. The molecule has 0 atom stereocenters. The molecule has 2 amide bonds. The van der Waals surface area contributed by atoms with Crippen LogP contribution < -0.4 is 15.4 Å². The van der Waals surface area contributed by atoms with Gasteiger partial charge in [-0.2, -0.15) is 0 Å². The third-order valence-corrected chi connectivity index (χ3v) is 5.58. The van der Waals surface area contributed by atoms with E-state index in [-0.39, 0.29) is 17.6 Å². The number of oxazole rings is 1. The number of aromatic nitrogens is 1. The summed E-state index contributed by atoms with van der Waals surface area (Å²) in [5, 5.41) is 6.47. The molecule has 0 fully saturated rings. The van der Waals surface area contributed by atoms with E-state index < -0.39 is 0 Å². The number of nitrogens with zero attached hydrogens (tertiary/aromatic N) is 1. The van der Waals surface area contributed by atoms with E-state index >= 15 is 0 Å². The largest absolute Gasteiger partial charge is 0.493 e. The molecule has 0 unspecified atom stereocenters. The summed E-state index contributed by atoms with van der Waals surface area (Å²) in [4.78, 5) is 29.6. The van der Waals surface area contributed by atoms with Crippen molar-refractivity contribution in [3.8, 4) is 17.2 Å². The third kappa shape index (κ3) is 4.37. The Hall–Kier alpha value is -4.85. The number of methoxy groups -OCH3 is 1. The lowest BCUT2D eigenvalue weighted by Gasteiger charge is -2.08. The van der Waals surface area contributed by atoms with E-state index in [1.54, 1.807) is 55.8 Å². The minimum Gasteiger partial charge on any atom is -0.493 e. The van der Waals surface area contributed by atoms with Crippen molar-refractivity contribution >= 4 is 34.2 Å². The van der Waals surface area contributed by atoms with E-state index in [2.05, 4.69) is 15.6 Å². The molecule has 0 aliphatic heterocycles. The Kier molecular flexibility index (Phi) is 5.76. The Balaban J connectivity index is 1.26. The van der Waals surface area contributed by atoms with Crippen LogP contribution in [0.4, 0.5) is 11.4 Å². The van der Waals surface area contributed by atoms with Gasteiger partial charge in [0.05, 0.1) is 13.3 Å². The number of aryl methyl sites for hydroxylation is 1. The lowest BCUT2D eigenvalue weighted by molar-refractivity contribution is 0.0996. The van der Waals surface area contributed by atoms with Crippen molar-refractivity contribution < 1.29 is 23.2 Å². The molecule has 5 aromatic rings. The van der Waals surface area contributed by atoms with Gasteiger partial charge in [0.1, 0.15) is 6.26 Å². The molecule has 0 bridgehead atoms. The summed E-state index contributed by atoms with van der Waals surface area (Å²) in [5.74, 6) is 0.625. The molecule has 8 nitrogen and oxygen atoms in total. The number of anilines is 2. The number of amides is 2. The van der Waals surface area contributed by atoms with Crippen LogP contribution in [-0.2, 0) is 0 Å². The number of furan rings is 1. The predicted molar refractivity (Wildman–Crippen MR) is 132 cm³/mol. The second-order valence-electron chi connectivity index (χ2n) is 7.79. The highest BCUT2D eigenvalue weighted by molar-refractivity contribution is 6.08. The van der Waals surface area contributed by atoms with E-state index in [4.69, 9.17) is 13.6 Å². The SMILES string of the molecule is COc1cccc2c(C)c(C(=O)Nc3ccc(C(=O)Nc4ccc(-c5ncco5)cc4)cc3)oc12. The van der Waals surface area contributed by atoms with E-state index in [0.29, 0.717) is 34.2 Å². The zero-order valence-corrected chi connectivity index (χ0v) is 19.0. The molecule has 0 spiro atoms. The summed E-state index contributed by atoms with van der Waals surface area (Å²) in [6.45, 7) is 1.82. The Morgan fingerprint density at radius 2 is 1.57 bits per heavy atom. The maximum Gasteiger partial charge on any atom is 0.291 e. The van der Waals surface area contributed by atoms with Gasteiger partial charge in [0.2, 0.25) is 5.89 Å². The molecule has 2 heterocycles. The third-order valence-electron chi connectivity index (χ3n) is 5.58. The first kappa shape index (κ1) is 22.0.